The molecule has 0 saturated carbocycles. The second-order valence-corrected chi connectivity index (χ2v) is 6.93. The lowest BCUT2D eigenvalue weighted by Gasteiger charge is -2.12. The molecule has 0 aliphatic carbocycles. The van der Waals surface area contributed by atoms with Gasteiger partial charge in [0, 0.05) is 30.1 Å². The van der Waals surface area contributed by atoms with E-state index in [-0.39, 0.29) is 29.8 Å². The Morgan fingerprint density at radius 3 is 2.47 bits per heavy atom. The minimum Gasteiger partial charge on any atom is -0.377 e. The van der Waals surface area contributed by atoms with Gasteiger partial charge in [-0.3, -0.25) is 9.59 Å². The summed E-state index contributed by atoms with van der Waals surface area (Å²) in [7, 11) is 0. The Morgan fingerprint density at radius 1 is 1.03 bits per heavy atom. The molecule has 0 bridgehead atoms. The third-order valence-electron chi connectivity index (χ3n) is 4.54. The van der Waals surface area contributed by atoms with E-state index in [1.165, 1.54) is 24.3 Å². The molecule has 0 aromatic heterocycles. The quantitative estimate of drug-likeness (QED) is 0.638. The van der Waals surface area contributed by atoms with E-state index >= 15 is 0 Å². The molecule has 1 fully saturated rings. The van der Waals surface area contributed by atoms with Gasteiger partial charge in [0.15, 0.2) is 0 Å². The minimum atomic E-state index is -4.50. The minimum absolute atomic E-state index is 0.0302. The van der Waals surface area contributed by atoms with Crippen LogP contribution in [0.2, 0.25) is 0 Å². The number of nitrogens with one attached hydrogen (secondary N) is 3. The van der Waals surface area contributed by atoms with Gasteiger partial charge in [-0.2, -0.15) is 13.2 Å². The van der Waals surface area contributed by atoms with Crippen molar-refractivity contribution >= 4 is 23.2 Å². The Balaban J connectivity index is 1.55. The molecule has 2 amide bonds. The van der Waals surface area contributed by atoms with Gasteiger partial charge in [0.05, 0.1) is 18.2 Å². The second-order valence-electron chi connectivity index (χ2n) is 6.93. The summed E-state index contributed by atoms with van der Waals surface area (Å²) >= 11 is 0. The van der Waals surface area contributed by atoms with E-state index in [1.54, 1.807) is 12.1 Å². The zero-order valence-electron chi connectivity index (χ0n) is 16.1. The third-order valence-corrected chi connectivity index (χ3v) is 4.54. The summed E-state index contributed by atoms with van der Waals surface area (Å²) in [5.41, 5.74) is -0.201. The summed E-state index contributed by atoms with van der Waals surface area (Å²) in [5, 5.41) is 8.15. The van der Waals surface area contributed by atoms with Gasteiger partial charge in [0.1, 0.15) is 0 Å². The normalized spacial score (nSPS) is 16.3. The van der Waals surface area contributed by atoms with Crippen molar-refractivity contribution in [3.8, 4) is 0 Å². The first-order chi connectivity index (χ1) is 14.3. The van der Waals surface area contributed by atoms with Crippen LogP contribution in [0.5, 0.6) is 0 Å². The monoisotopic (exact) mass is 421 g/mol. The molecular formula is C21H22F3N3O3. The number of rotatable bonds is 7. The van der Waals surface area contributed by atoms with E-state index in [1.807, 2.05) is 0 Å². The summed E-state index contributed by atoms with van der Waals surface area (Å²) in [6, 6.07) is 10.6. The fourth-order valence-corrected chi connectivity index (χ4v) is 3.07. The van der Waals surface area contributed by atoms with Gasteiger partial charge in [-0.05, 0) is 49.2 Å². The fraction of sp³-hybridized carbons (Fsp3) is 0.333. The van der Waals surface area contributed by atoms with Crippen LogP contribution >= 0.6 is 0 Å². The van der Waals surface area contributed by atoms with E-state index in [0.29, 0.717) is 12.2 Å². The molecule has 0 spiro atoms. The van der Waals surface area contributed by atoms with Crippen LogP contribution in [-0.4, -0.2) is 37.6 Å². The number of amides is 2. The smallest absolute Gasteiger partial charge is 0.377 e. The molecule has 9 heteroatoms. The van der Waals surface area contributed by atoms with Gasteiger partial charge < -0.3 is 20.7 Å². The lowest BCUT2D eigenvalue weighted by molar-refractivity contribution is -0.137. The van der Waals surface area contributed by atoms with Crippen LogP contribution in [-0.2, 0) is 15.7 Å². The Labute approximate surface area is 171 Å². The Bertz CT molecular complexity index is 896. The largest absolute Gasteiger partial charge is 0.416 e. The maximum absolute atomic E-state index is 12.8. The summed E-state index contributed by atoms with van der Waals surface area (Å²) in [6.45, 7) is 1.43. The average Bonchev–Trinajstić information content (AvgIpc) is 3.21. The SMILES string of the molecule is O=C(CNCC1CCCO1)Nc1cccc(C(=O)Nc2cccc(C(F)(F)F)c2)c1. The topological polar surface area (TPSA) is 79.5 Å². The van der Waals surface area contributed by atoms with Crippen LogP contribution in [0.1, 0.15) is 28.8 Å². The number of benzene rings is 2. The van der Waals surface area contributed by atoms with E-state index < -0.39 is 17.6 Å². The maximum Gasteiger partial charge on any atom is 0.416 e. The number of carbonyl (C=O) groups is 2. The number of hydrogen-bond acceptors (Lipinski definition) is 4. The third kappa shape index (κ3) is 6.30. The molecule has 2 aromatic carbocycles. The zero-order chi connectivity index (χ0) is 21.6. The predicted molar refractivity (Wildman–Crippen MR) is 106 cm³/mol. The molecule has 1 aliphatic heterocycles. The molecule has 1 atom stereocenters. The van der Waals surface area contributed by atoms with Crippen LogP contribution in [0.4, 0.5) is 24.5 Å². The second kappa shape index (κ2) is 9.73. The molecule has 1 saturated heterocycles. The van der Waals surface area contributed by atoms with Crippen LogP contribution in [0, 0.1) is 0 Å². The van der Waals surface area contributed by atoms with Crippen molar-refractivity contribution in [3.05, 3.63) is 59.7 Å². The van der Waals surface area contributed by atoms with Gasteiger partial charge in [-0.15, -0.1) is 0 Å². The number of anilines is 2. The van der Waals surface area contributed by atoms with Crippen molar-refractivity contribution in [2.24, 2.45) is 0 Å². The summed E-state index contributed by atoms with van der Waals surface area (Å²) < 4.78 is 43.9. The van der Waals surface area contributed by atoms with Gasteiger partial charge in [-0.1, -0.05) is 12.1 Å². The van der Waals surface area contributed by atoms with E-state index in [0.717, 1.165) is 31.6 Å². The molecule has 1 unspecified atom stereocenters. The lowest BCUT2D eigenvalue weighted by Crippen LogP contribution is -2.33. The van der Waals surface area contributed by atoms with Crippen LogP contribution in [0.3, 0.4) is 0 Å². The standard InChI is InChI=1S/C21H22F3N3O3/c22-21(23,24)15-5-2-7-17(11-15)27-20(29)14-4-1-6-16(10-14)26-19(28)13-25-12-18-8-3-9-30-18/h1-2,4-7,10-11,18,25H,3,8-9,12-13H2,(H,26,28)(H,27,29). The zero-order valence-corrected chi connectivity index (χ0v) is 16.1. The number of hydrogen-bond donors (Lipinski definition) is 3. The highest BCUT2D eigenvalue weighted by Gasteiger charge is 2.30. The molecule has 160 valence electrons. The summed E-state index contributed by atoms with van der Waals surface area (Å²) in [6.07, 6.45) is -2.38. The molecule has 1 aliphatic rings. The van der Waals surface area contributed by atoms with Crippen LogP contribution < -0.4 is 16.0 Å². The Morgan fingerprint density at radius 2 is 1.77 bits per heavy atom. The Hall–Kier alpha value is -2.91. The molecule has 6 nitrogen and oxygen atoms in total. The summed E-state index contributed by atoms with van der Waals surface area (Å²) in [4.78, 5) is 24.5. The molecule has 2 aromatic rings. The van der Waals surface area contributed by atoms with Gasteiger partial charge in [-0.25, -0.2) is 0 Å². The van der Waals surface area contributed by atoms with Gasteiger partial charge >= 0.3 is 6.18 Å². The van der Waals surface area contributed by atoms with Crippen molar-refractivity contribution in [1.82, 2.24) is 5.32 Å². The van der Waals surface area contributed by atoms with Crippen molar-refractivity contribution in [2.75, 3.05) is 30.3 Å². The summed E-state index contributed by atoms with van der Waals surface area (Å²) in [5.74, 6) is -0.856. The Kier molecular flexibility index (Phi) is 7.07. The predicted octanol–water partition coefficient (Wildman–Crippen LogP) is 3.66. The van der Waals surface area contributed by atoms with Gasteiger partial charge in [0.25, 0.3) is 5.91 Å². The van der Waals surface area contributed by atoms with Crippen LogP contribution in [0.15, 0.2) is 48.5 Å². The van der Waals surface area contributed by atoms with Crippen molar-refractivity contribution in [3.63, 3.8) is 0 Å². The van der Waals surface area contributed by atoms with E-state index in [4.69, 9.17) is 4.74 Å². The molecule has 1 heterocycles. The highest BCUT2D eigenvalue weighted by molar-refractivity contribution is 6.05. The van der Waals surface area contributed by atoms with Crippen LogP contribution in [0.25, 0.3) is 0 Å². The number of carbonyl (C=O) groups excluding carboxylic acids is 2. The highest BCUT2D eigenvalue weighted by atomic mass is 19.4. The lowest BCUT2D eigenvalue weighted by atomic mass is 10.1. The highest BCUT2D eigenvalue weighted by Crippen LogP contribution is 2.30. The number of halogens is 3. The molecule has 3 rings (SSSR count). The molecule has 3 N–H and O–H groups in total. The van der Waals surface area contributed by atoms with E-state index in [2.05, 4.69) is 16.0 Å². The molecular weight excluding hydrogens is 399 g/mol. The fourth-order valence-electron chi connectivity index (χ4n) is 3.07. The van der Waals surface area contributed by atoms with Crippen molar-refractivity contribution in [1.29, 1.82) is 0 Å². The average molecular weight is 421 g/mol. The van der Waals surface area contributed by atoms with Gasteiger partial charge in [0.2, 0.25) is 5.91 Å². The van der Waals surface area contributed by atoms with Crippen molar-refractivity contribution in [2.45, 2.75) is 25.1 Å². The first-order valence-electron chi connectivity index (χ1n) is 9.52. The maximum atomic E-state index is 12.8. The first-order valence-corrected chi connectivity index (χ1v) is 9.52. The van der Waals surface area contributed by atoms with E-state index in [9.17, 15) is 22.8 Å². The first kappa shape index (κ1) is 21.8. The number of ether oxygens (including phenoxy) is 1. The van der Waals surface area contributed by atoms with Crippen molar-refractivity contribution < 1.29 is 27.5 Å². The molecule has 0 radical (unpaired) electrons. The number of alkyl halides is 3. The molecule has 30 heavy (non-hydrogen) atoms.